The van der Waals surface area contributed by atoms with Crippen LogP contribution in [0, 0.1) is 0 Å². The van der Waals surface area contributed by atoms with Crippen molar-refractivity contribution in [2.75, 3.05) is 6.61 Å². The Kier molecular flexibility index (Phi) is 10.3. The molecule has 0 rings (SSSR count). The van der Waals surface area contributed by atoms with Crippen LogP contribution in [-0.4, -0.2) is 20.3 Å². The highest BCUT2D eigenvalue weighted by atomic mass is 32.3. The third-order valence-electron chi connectivity index (χ3n) is 2.26. The van der Waals surface area contributed by atoms with E-state index in [1.54, 1.807) is 6.92 Å². The standard InChI is InChI=1S/C11H24O4S2/c1-4-7-8-10-11(9-5-2)16-15-17(12,13)14-6-3/h11H,4-10H2,1-3H3. The summed E-state index contributed by atoms with van der Waals surface area (Å²) in [6, 6.07) is 0. The summed E-state index contributed by atoms with van der Waals surface area (Å²) in [7, 11) is -3.81. The third-order valence-corrected chi connectivity index (χ3v) is 4.51. The van der Waals surface area contributed by atoms with Crippen molar-refractivity contribution >= 4 is 22.4 Å². The molecule has 0 radical (unpaired) electrons. The van der Waals surface area contributed by atoms with Gasteiger partial charge in [-0.05, 0) is 19.8 Å². The predicted molar refractivity (Wildman–Crippen MR) is 72.1 cm³/mol. The zero-order valence-electron chi connectivity index (χ0n) is 11.0. The molecule has 0 heterocycles. The normalized spacial score (nSPS) is 13.8. The highest BCUT2D eigenvalue weighted by Crippen LogP contribution is 2.25. The molecule has 0 aromatic carbocycles. The van der Waals surface area contributed by atoms with Crippen LogP contribution in [0.15, 0.2) is 0 Å². The Morgan fingerprint density at radius 3 is 2.29 bits per heavy atom. The number of unbranched alkanes of at least 4 members (excludes halogenated alkanes) is 2. The van der Waals surface area contributed by atoms with Crippen molar-refractivity contribution in [1.29, 1.82) is 0 Å². The molecule has 0 aliphatic heterocycles. The van der Waals surface area contributed by atoms with E-state index in [1.807, 2.05) is 0 Å². The minimum Gasteiger partial charge on any atom is -0.248 e. The Balaban J connectivity index is 3.98. The lowest BCUT2D eigenvalue weighted by atomic mass is 10.1. The summed E-state index contributed by atoms with van der Waals surface area (Å²) in [6.45, 7) is 5.97. The van der Waals surface area contributed by atoms with Crippen LogP contribution in [0.3, 0.4) is 0 Å². The van der Waals surface area contributed by atoms with Crippen LogP contribution in [-0.2, 0) is 18.2 Å². The number of rotatable bonds is 11. The molecular formula is C11H24O4S2. The number of hydrogen-bond acceptors (Lipinski definition) is 5. The van der Waals surface area contributed by atoms with Crippen LogP contribution in [0.5, 0.6) is 0 Å². The van der Waals surface area contributed by atoms with Gasteiger partial charge >= 0.3 is 10.4 Å². The van der Waals surface area contributed by atoms with Crippen molar-refractivity contribution in [3.05, 3.63) is 0 Å². The Hall–Kier alpha value is 0.220. The molecule has 0 N–H and O–H groups in total. The molecule has 0 saturated carbocycles. The maximum Gasteiger partial charge on any atom is 0.410 e. The van der Waals surface area contributed by atoms with Crippen molar-refractivity contribution < 1.29 is 16.2 Å². The lowest BCUT2D eigenvalue weighted by Crippen LogP contribution is -2.10. The first-order valence-electron chi connectivity index (χ1n) is 6.30. The van der Waals surface area contributed by atoms with Gasteiger partial charge in [0.25, 0.3) is 0 Å². The van der Waals surface area contributed by atoms with Gasteiger partial charge in [-0.1, -0.05) is 39.5 Å². The lowest BCUT2D eigenvalue weighted by molar-refractivity contribution is 0.296. The molecule has 104 valence electrons. The van der Waals surface area contributed by atoms with Crippen molar-refractivity contribution in [2.24, 2.45) is 0 Å². The summed E-state index contributed by atoms with van der Waals surface area (Å²) in [5.74, 6) is 0. The monoisotopic (exact) mass is 284 g/mol. The summed E-state index contributed by atoms with van der Waals surface area (Å²) in [6.07, 6.45) is 6.46. The summed E-state index contributed by atoms with van der Waals surface area (Å²) >= 11 is 1.03. The molecular weight excluding hydrogens is 260 g/mol. The van der Waals surface area contributed by atoms with E-state index in [0.717, 1.165) is 37.7 Å². The Morgan fingerprint density at radius 1 is 1.06 bits per heavy atom. The van der Waals surface area contributed by atoms with Crippen LogP contribution >= 0.6 is 12.0 Å². The molecule has 0 fully saturated rings. The summed E-state index contributed by atoms with van der Waals surface area (Å²) in [4.78, 5) is 0. The maximum atomic E-state index is 11.2. The van der Waals surface area contributed by atoms with Crippen molar-refractivity contribution in [3.63, 3.8) is 0 Å². The molecule has 6 heteroatoms. The van der Waals surface area contributed by atoms with Gasteiger partial charge in [-0.2, -0.15) is 12.0 Å². The van der Waals surface area contributed by atoms with Crippen molar-refractivity contribution in [3.8, 4) is 0 Å². The van der Waals surface area contributed by atoms with Gasteiger partial charge in [0, 0.05) is 17.3 Å². The van der Waals surface area contributed by atoms with Crippen molar-refractivity contribution in [2.45, 2.75) is 64.5 Å². The van der Waals surface area contributed by atoms with E-state index in [1.165, 1.54) is 12.8 Å². The van der Waals surface area contributed by atoms with E-state index in [-0.39, 0.29) is 11.9 Å². The van der Waals surface area contributed by atoms with Crippen LogP contribution in [0.25, 0.3) is 0 Å². The fourth-order valence-corrected chi connectivity index (χ4v) is 3.32. The zero-order valence-corrected chi connectivity index (χ0v) is 12.6. The van der Waals surface area contributed by atoms with Gasteiger partial charge in [-0.3, -0.25) is 0 Å². The molecule has 0 saturated heterocycles. The second kappa shape index (κ2) is 10.2. The van der Waals surface area contributed by atoms with E-state index in [0.29, 0.717) is 0 Å². The van der Waals surface area contributed by atoms with Gasteiger partial charge in [0.05, 0.1) is 6.61 Å². The van der Waals surface area contributed by atoms with E-state index >= 15 is 0 Å². The van der Waals surface area contributed by atoms with Crippen LogP contribution in [0.1, 0.15) is 59.3 Å². The molecule has 0 aliphatic carbocycles. The highest BCUT2D eigenvalue weighted by Gasteiger charge is 2.16. The summed E-state index contributed by atoms with van der Waals surface area (Å²) in [5, 5.41) is 0.238. The average molecular weight is 284 g/mol. The minimum absolute atomic E-state index is 0.108. The predicted octanol–water partition coefficient (Wildman–Crippen LogP) is 3.68. The van der Waals surface area contributed by atoms with Gasteiger partial charge < -0.3 is 0 Å². The fourth-order valence-electron chi connectivity index (χ4n) is 1.45. The van der Waals surface area contributed by atoms with Crippen LogP contribution < -0.4 is 0 Å². The van der Waals surface area contributed by atoms with Gasteiger partial charge in [-0.25, -0.2) is 4.18 Å². The van der Waals surface area contributed by atoms with E-state index in [2.05, 4.69) is 18.0 Å². The molecule has 1 unspecified atom stereocenters. The molecule has 0 aromatic rings. The third kappa shape index (κ3) is 9.88. The SMILES string of the molecule is CCCCCC(CCC)SOS(=O)(=O)OCC. The summed E-state index contributed by atoms with van der Waals surface area (Å²) < 4.78 is 31.7. The molecule has 0 amide bonds. The van der Waals surface area contributed by atoms with E-state index in [4.69, 9.17) is 3.63 Å². The highest BCUT2D eigenvalue weighted by molar-refractivity contribution is 8.03. The van der Waals surface area contributed by atoms with Crippen LogP contribution in [0.2, 0.25) is 0 Å². The topological polar surface area (TPSA) is 52.6 Å². The van der Waals surface area contributed by atoms with Gasteiger partial charge in [0.15, 0.2) is 0 Å². The van der Waals surface area contributed by atoms with Crippen LogP contribution in [0.4, 0.5) is 0 Å². The van der Waals surface area contributed by atoms with Gasteiger partial charge in [0.2, 0.25) is 0 Å². The summed E-state index contributed by atoms with van der Waals surface area (Å²) in [5.41, 5.74) is 0. The van der Waals surface area contributed by atoms with Gasteiger partial charge in [-0.15, -0.1) is 0 Å². The molecule has 0 aliphatic rings. The van der Waals surface area contributed by atoms with E-state index in [9.17, 15) is 8.42 Å². The first-order valence-corrected chi connectivity index (χ1v) is 8.43. The Morgan fingerprint density at radius 2 is 1.76 bits per heavy atom. The Bertz CT molecular complexity index is 265. The molecule has 0 aromatic heterocycles. The quantitative estimate of drug-likeness (QED) is 0.428. The second-order valence-electron chi connectivity index (χ2n) is 3.89. The van der Waals surface area contributed by atoms with Crippen molar-refractivity contribution in [1.82, 2.24) is 0 Å². The lowest BCUT2D eigenvalue weighted by Gasteiger charge is -2.14. The smallest absolute Gasteiger partial charge is 0.248 e. The molecule has 0 spiro atoms. The first-order chi connectivity index (χ1) is 8.05. The maximum absolute atomic E-state index is 11.2. The minimum atomic E-state index is -3.81. The molecule has 1 atom stereocenters. The van der Waals surface area contributed by atoms with Gasteiger partial charge in [0.1, 0.15) is 0 Å². The fraction of sp³-hybridized carbons (Fsp3) is 1.00. The second-order valence-corrected chi connectivity index (χ2v) is 6.34. The molecule has 4 nitrogen and oxygen atoms in total. The first kappa shape index (κ1) is 17.2. The van der Waals surface area contributed by atoms with E-state index < -0.39 is 10.4 Å². The average Bonchev–Trinajstić information content (AvgIpc) is 2.26. The molecule has 0 bridgehead atoms. The molecule has 17 heavy (non-hydrogen) atoms. The number of hydrogen-bond donors (Lipinski definition) is 0. The Labute approximate surface area is 110 Å². The zero-order chi connectivity index (χ0) is 13.1. The largest absolute Gasteiger partial charge is 0.410 e.